The molecular weight excluding hydrogens is 411 g/mol. The molecule has 1 fully saturated rings. The molecule has 9 nitrogen and oxygen atoms in total. The third-order valence-corrected chi connectivity index (χ3v) is 5.88. The van der Waals surface area contributed by atoms with Gasteiger partial charge in [-0.25, -0.2) is 28.8 Å². The van der Waals surface area contributed by atoms with Crippen molar-refractivity contribution in [2.24, 2.45) is 7.05 Å². The van der Waals surface area contributed by atoms with Crippen LogP contribution in [0.3, 0.4) is 0 Å². The van der Waals surface area contributed by atoms with Gasteiger partial charge in [-0.2, -0.15) is 5.10 Å². The lowest BCUT2D eigenvalue weighted by Crippen LogP contribution is -2.38. The van der Waals surface area contributed by atoms with Crippen LogP contribution in [-0.4, -0.2) is 47.4 Å². The van der Waals surface area contributed by atoms with Gasteiger partial charge in [0.05, 0.1) is 11.9 Å². The number of pyridine rings is 1. The molecule has 0 aliphatic carbocycles. The number of aryl methyl sites for hydroxylation is 1. The van der Waals surface area contributed by atoms with Crippen LogP contribution in [0, 0.1) is 5.82 Å². The molecule has 0 radical (unpaired) electrons. The first-order valence-electron chi connectivity index (χ1n) is 10.4. The summed E-state index contributed by atoms with van der Waals surface area (Å²) in [6, 6.07) is 10.3. The lowest BCUT2D eigenvalue weighted by atomic mass is 10.2. The Balaban J connectivity index is 1.56. The zero-order chi connectivity index (χ0) is 21.8. The van der Waals surface area contributed by atoms with Crippen LogP contribution >= 0.6 is 0 Å². The first-order chi connectivity index (χ1) is 15.6. The molecule has 0 saturated carbocycles. The van der Waals surface area contributed by atoms with Crippen LogP contribution in [0.15, 0.2) is 47.4 Å². The van der Waals surface area contributed by atoms with Crippen LogP contribution in [0.4, 0.5) is 10.2 Å². The van der Waals surface area contributed by atoms with E-state index in [1.165, 1.54) is 10.6 Å². The number of nitrogens with one attached hydrogen (secondary N) is 1. The van der Waals surface area contributed by atoms with Crippen molar-refractivity contribution in [2.45, 2.75) is 13.0 Å². The summed E-state index contributed by atoms with van der Waals surface area (Å²) in [5, 5.41) is 5.48. The van der Waals surface area contributed by atoms with Crippen LogP contribution in [0.5, 0.6) is 0 Å². The van der Waals surface area contributed by atoms with Crippen molar-refractivity contribution < 1.29 is 4.39 Å². The fourth-order valence-corrected chi connectivity index (χ4v) is 4.05. The highest BCUT2D eigenvalue weighted by molar-refractivity contribution is 5.92. The van der Waals surface area contributed by atoms with E-state index >= 15 is 0 Å². The van der Waals surface area contributed by atoms with Crippen molar-refractivity contribution in [2.75, 3.05) is 18.0 Å². The summed E-state index contributed by atoms with van der Waals surface area (Å²) >= 11 is 0. The summed E-state index contributed by atoms with van der Waals surface area (Å²) < 4.78 is 17.5. The first-order valence-corrected chi connectivity index (χ1v) is 10.4. The molecule has 1 aliphatic heterocycles. The number of hydrogen-bond donors (Lipinski definition) is 1. The second-order valence-corrected chi connectivity index (χ2v) is 7.87. The molecule has 1 saturated heterocycles. The number of anilines is 1. The van der Waals surface area contributed by atoms with Gasteiger partial charge >= 0.3 is 5.69 Å². The molecule has 1 aromatic carbocycles. The van der Waals surface area contributed by atoms with Gasteiger partial charge in [-0.15, -0.1) is 0 Å². The third-order valence-electron chi connectivity index (χ3n) is 5.88. The molecule has 32 heavy (non-hydrogen) atoms. The largest absolute Gasteiger partial charge is 0.355 e. The maximum absolute atomic E-state index is 14.3. The van der Waals surface area contributed by atoms with Crippen molar-refractivity contribution in [3.8, 4) is 11.5 Å². The van der Waals surface area contributed by atoms with Crippen molar-refractivity contribution in [1.29, 1.82) is 0 Å². The van der Waals surface area contributed by atoms with Gasteiger partial charge in [-0.1, -0.05) is 18.2 Å². The Hall–Kier alpha value is -4.08. The maximum atomic E-state index is 14.3. The highest BCUT2D eigenvalue weighted by Gasteiger charge is 2.25. The molecular formula is C22H19FN8O. The Labute approximate surface area is 181 Å². The minimum atomic E-state index is -0.298. The minimum Gasteiger partial charge on any atom is -0.355 e. The van der Waals surface area contributed by atoms with E-state index in [1.807, 2.05) is 12.1 Å². The smallest absolute Gasteiger partial charge is 0.327 e. The monoisotopic (exact) mass is 430 g/mol. The van der Waals surface area contributed by atoms with Crippen LogP contribution in [0.2, 0.25) is 0 Å². The average Bonchev–Trinajstić information content (AvgIpc) is 3.26. The molecule has 5 aromatic rings. The van der Waals surface area contributed by atoms with E-state index in [4.69, 9.17) is 10.1 Å². The maximum Gasteiger partial charge on any atom is 0.327 e. The summed E-state index contributed by atoms with van der Waals surface area (Å²) in [6.45, 7) is 1.97. The predicted molar refractivity (Wildman–Crippen MR) is 118 cm³/mol. The Morgan fingerprint density at radius 1 is 1.12 bits per heavy atom. The molecule has 160 valence electrons. The second-order valence-electron chi connectivity index (χ2n) is 7.87. The summed E-state index contributed by atoms with van der Waals surface area (Å²) in [7, 11) is 1.70. The average molecular weight is 430 g/mol. The topological polar surface area (TPSA) is 97.5 Å². The van der Waals surface area contributed by atoms with E-state index in [0.29, 0.717) is 39.7 Å². The van der Waals surface area contributed by atoms with E-state index in [-0.39, 0.29) is 18.1 Å². The molecule has 6 rings (SSSR count). The van der Waals surface area contributed by atoms with Crippen molar-refractivity contribution in [1.82, 2.24) is 34.3 Å². The van der Waals surface area contributed by atoms with Crippen LogP contribution in [0.25, 0.3) is 33.7 Å². The zero-order valence-corrected chi connectivity index (χ0v) is 17.3. The lowest BCUT2D eigenvalue weighted by molar-refractivity contribution is 0.589. The molecule has 1 N–H and O–H groups in total. The molecule has 1 aliphatic rings. The van der Waals surface area contributed by atoms with Gasteiger partial charge < -0.3 is 4.90 Å². The SMILES string of the molecule is Cn1c(=O)[nH]c2nc(-c3nn(Cc4ccccc4F)c4ncccc34)nc(N3CCC3)c21. The van der Waals surface area contributed by atoms with Gasteiger partial charge in [0.2, 0.25) is 0 Å². The Morgan fingerprint density at radius 3 is 2.75 bits per heavy atom. The number of fused-ring (bicyclic) bond motifs is 2. The number of aromatic nitrogens is 7. The van der Waals surface area contributed by atoms with Gasteiger partial charge in [0, 0.05) is 31.9 Å². The van der Waals surface area contributed by atoms with Gasteiger partial charge in [-0.3, -0.25) is 9.55 Å². The van der Waals surface area contributed by atoms with Crippen LogP contribution in [-0.2, 0) is 13.6 Å². The second kappa shape index (κ2) is 6.98. The van der Waals surface area contributed by atoms with Gasteiger partial charge in [0.25, 0.3) is 0 Å². The fourth-order valence-electron chi connectivity index (χ4n) is 4.05. The first kappa shape index (κ1) is 18.7. The molecule has 0 bridgehead atoms. The van der Waals surface area contributed by atoms with Crippen LogP contribution in [0.1, 0.15) is 12.0 Å². The highest BCUT2D eigenvalue weighted by atomic mass is 19.1. The molecule has 0 atom stereocenters. The summed E-state index contributed by atoms with van der Waals surface area (Å²) in [5.41, 5.74) is 2.56. The van der Waals surface area contributed by atoms with E-state index in [2.05, 4.69) is 19.9 Å². The fraction of sp³-hybridized carbons (Fsp3) is 0.227. The number of hydrogen-bond acceptors (Lipinski definition) is 6. The number of imidazole rings is 1. The number of nitrogens with zero attached hydrogens (tertiary/aromatic N) is 7. The number of halogens is 1. The molecule has 0 unspecified atom stereocenters. The Kier molecular flexibility index (Phi) is 4.07. The molecule has 0 amide bonds. The number of aromatic amines is 1. The highest BCUT2D eigenvalue weighted by Crippen LogP contribution is 2.31. The number of benzene rings is 1. The Bertz CT molecular complexity index is 1550. The molecule has 10 heteroatoms. The molecule has 4 aromatic heterocycles. The van der Waals surface area contributed by atoms with E-state index < -0.39 is 0 Å². The van der Waals surface area contributed by atoms with Gasteiger partial charge in [0.15, 0.2) is 22.9 Å². The summed E-state index contributed by atoms with van der Waals surface area (Å²) in [4.78, 5) is 31.1. The lowest BCUT2D eigenvalue weighted by Gasteiger charge is -2.32. The Morgan fingerprint density at radius 2 is 1.97 bits per heavy atom. The van der Waals surface area contributed by atoms with Crippen molar-refractivity contribution in [3.63, 3.8) is 0 Å². The van der Waals surface area contributed by atoms with Crippen LogP contribution < -0.4 is 10.6 Å². The molecule has 0 spiro atoms. The minimum absolute atomic E-state index is 0.226. The number of H-pyrrole nitrogens is 1. The van der Waals surface area contributed by atoms with E-state index in [9.17, 15) is 9.18 Å². The predicted octanol–water partition coefficient (Wildman–Crippen LogP) is 2.47. The van der Waals surface area contributed by atoms with Crippen molar-refractivity contribution >= 4 is 28.0 Å². The summed E-state index contributed by atoms with van der Waals surface area (Å²) in [5.74, 6) is 0.803. The zero-order valence-electron chi connectivity index (χ0n) is 17.3. The number of rotatable bonds is 4. The third kappa shape index (κ3) is 2.79. The summed E-state index contributed by atoms with van der Waals surface area (Å²) in [6.07, 6.45) is 2.75. The van der Waals surface area contributed by atoms with Crippen molar-refractivity contribution in [3.05, 3.63) is 64.5 Å². The van der Waals surface area contributed by atoms with Gasteiger partial charge in [0.1, 0.15) is 17.0 Å². The standard InChI is InChI=1S/C22H19FN8O/c1-29-17-19(27-22(29)32)25-18(26-21(17)30-10-5-11-30)16-14-7-4-9-24-20(14)31(28-16)12-13-6-2-3-8-15(13)23/h2-4,6-9H,5,10-12H2,1H3,(H,25,26,27,32). The van der Waals surface area contributed by atoms with E-state index in [0.717, 1.165) is 24.9 Å². The quantitative estimate of drug-likeness (QED) is 0.470. The normalized spacial score (nSPS) is 13.8. The van der Waals surface area contributed by atoms with Gasteiger partial charge in [-0.05, 0) is 24.6 Å². The molecule has 5 heterocycles. The van der Waals surface area contributed by atoms with E-state index in [1.54, 1.807) is 36.1 Å².